The number of likely N-dealkylation sites (tertiary alicyclic amines) is 1. The smallest absolute Gasteiger partial charge is 0.330 e. The maximum Gasteiger partial charge on any atom is 0.330 e. The number of halogens is 1. The average Bonchev–Trinajstić information content (AvgIpc) is 3.19. The number of aromatic nitrogens is 4. The van der Waals surface area contributed by atoms with Gasteiger partial charge in [-0.05, 0) is 44.8 Å². The van der Waals surface area contributed by atoms with E-state index in [0.29, 0.717) is 30.3 Å². The second-order valence-electron chi connectivity index (χ2n) is 7.91. The zero-order valence-corrected chi connectivity index (χ0v) is 18.1. The Bertz CT molecular complexity index is 939. The van der Waals surface area contributed by atoms with Gasteiger partial charge >= 0.3 is 5.69 Å². The van der Waals surface area contributed by atoms with Gasteiger partial charge in [-0.25, -0.2) is 4.79 Å². The number of nitrogens with zero attached hydrogens (tertiary/aromatic N) is 5. The van der Waals surface area contributed by atoms with Gasteiger partial charge in [-0.3, -0.25) is 14.0 Å². The third-order valence-electron chi connectivity index (χ3n) is 6.10. The van der Waals surface area contributed by atoms with Crippen LogP contribution in [-0.4, -0.2) is 76.2 Å². The summed E-state index contributed by atoms with van der Waals surface area (Å²) in [4.78, 5) is 23.9. The second-order valence-corrected chi connectivity index (χ2v) is 8.25. The summed E-state index contributed by atoms with van der Waals surface area (Å²) < 4.78 is 20.7. The molecule has 0 unspecified atom stereocenters. The van der Waals surface area contributed by atoms with Crippen LogP contribution in [0, 0.1) is 0 Å². The molecular formula is C19H28ClN5O4. The number of methoxy groups -OCH3 is 1. The lowest BCUT2D eigenvalue weighted by atomic mass is 10.1. The van der Waals surface area contributed by atoms with Crippen LogP contribution in [0.15, 0.2) is 4.79 Å². The largest absolute Gasteiger partial charge is 0.471 e. The van der Waals surface area contributed by atoms with Gasteiger partial charge in [0, 0.05) is 27.3 Å². The molecule has 0 aliphatic carbocycles. The number of hydrogen-bond acceptors (Lipinski definition) is 7. The van der Waals surface area contributed by atoms with E-state index in [0.717, 1.165) is 25.8 Å². The normalized spacial score (nSPS) is 26.9. The number of fused-ring (bicyclic) bond motifs is 1. The maximum atomic E-state index is 13.0. The summed E-state index contributed by atoms with van der Waals surface area (Å²) in [5.41, 5.74) is 0.863. The molecule has 2 aromatic rings. The first kappa shape index (κ1) is 20.6. The molecule has 4 heterocycles. The minimum absolute atomic E-state index is 0.0545. The summed E-state index contributed by atoms with van der Waals surface area (Å²) in [6.45, 7) is 4.13. The number of aryl methyl sites for hydroxylation is 1. The van der Waals surface area contributed by atoms with Gasteiger partial charge in [0.2, 0.25) is 11.2 Å². The molecule has 0 radical (unpaired) electrons. The molecule has 0 aromatic carbocycles. The monoisotopic (exact) mass is 425 g/mol. The van der Waals surface area contributed by atoms with E-state index in [2.05, 4.69) is 21.9 Å². The topological polar surface area (TPSA) is 83.6 Å². The van der Waals surface area contributed by atoms with Gasteiger partial charge in [-0.2, -0.15) is 9.97 Å². The number of ether oxygens (including phenoxy) is 3. The highest BCUT2D eigenvalue weighted by atomic mass is 35.5. The predicted molar refractivity (Wildman–Crippen MR) is 109 cm³/mol. The molecule has 160 valence electrons. The van der Waals surface area contributed by atoms with E-state index in [1.165, 1.54) is 4.57 Å². The quantitative estimate of drug-likeness (QED) is 0.673. The molecule has 0 amide bonds. The fraction of sp³-hybridized carbons (Fsp3) is 0.737. The van der Waals surface area contributed by atoms with Crippen molar-refractivity contribution in [2.75, 3.05) is 33.9 Å². The van der Waals surface area contributed by atoms with Crippen LogP contribution in [0.3, 0.4) is 0 Å². The van der Waals surface area contributed by atoms with Crippen LogP contribution in [0.1, 0.15) is 32.2 Å². The molecule has 4 rings (SSSR count). The van der Waals surface area contributed by atoms with Crippen LogP contribution < -0.4 is 10.4 Å². The zero-order chi connectivity index (χ0) is 20.7. The van der Waals surface area contributed by atoms with Crippen molar-refractivity contribution in [3.8, 4) is 5.88 Å². The SMILES string of the molecule is CO[C@H]1CCN(C)[C@@H]1[C@H](C)Oc1nc(Cl)nc2c1n(C)c(=O)n2[C@@H]1CCCOC1. The van der Waals surface area contributed by atoms with E-state index in [4.69, 9.17) is 25.8 Å². The van der Waals surface area contributed by atoms with Crippen LogP contribution in [0.5, 0.6) is 5.88 Å². The summed E-state index contributed by atoms with van der Waals surface area (Å²) in [6, 6.07) is 0.00433. The van der Waals surface area contributed by atoms with Crippen molar-refractivity contribution in [1.29, 1.82) is 0 Å². The van der Waals surface area contributed by atoms with Crippen molar-refractivity contribution in [2.24, 2.45) is 7.05 Å². The average molecular weight is 426 g/mol. The minimum Gasteiger partial charge on any atom is -0.471 e. The van der Waals surface area contributed by atoms with E-state index >= 15 is 0 Å². The van der Waals surface area contributed by atoms with Crippen molar-refractivity contribution in [2.45, 2.75) is 50.5 Å². The third-order valence-corrected chi connectivity index (χ3v) is 6.27. The Hall–Kier alpha value is -1.68. The zero-order valence-electron chi connectivity index (χ0n) is 17.3. The van der Waals surface area contributed by atoms with Crippen LogP contribution >= 0.6 is 11.6 Å². The maximum absolute atomic E-state index is 13.0. The van der Waals surface area contributed by atoms with Gasteiger partial charge in [0.05, 0.1) is 24.8 Å². The predicted octanol–water partition coefficient (Wildman–Crippen LogP) is 1.62. The van der Waals surface area contributed by atoms with E-state index in [1.807, 2.05) is 6.92 Å². The Morgan fingerprint density at radius 3 is 2.76 bits per heavy atom. The Labute approximate surface area is 174 Å². The summed E-state index contributed by atoms with van der Waals surface area (Å²) in [5.74, 6) is 0.317. The van der Waals surface area contributed by atoms with Crippen molar-refractivity contribution < 1.29 is 14.2 Å². The van der Waals surface area contributed by atoms with Crippen LogP contribution in [0.25, 0.3) is 11.2 Å². The summed E-state index contributed by atoms with van der Waals surface area (Å²) in [7, 11) is 5.49. The molecule has 10 heteroatoms. The van der Waals surface area contributed by atoms with Gasteiger partial charge in [0.25, 0.3) is 0 Å². The van der Waals surface area contributed by atoms with E-state index in [1.54, 1.807) is 18.7 Å². The molecule has 0 spiro atoms. The number of imidazole rings is 1. The fourth-order valence-corrected chi connectivity index (χ4v) is 4.80. The van der Waals surface area contributed by atoms with Gasteiger partial charge in [-0.15, -0.1) is 0 Å². The molecule has 0 saturated carbocycles. The van der Waals surface area contributed by atoms with Crippen molar-refractivity contribution in [3.63, 3.8) is 0 Å². The van der Waals surface area contributed by atoms with E-state index in [9.17, 15) is 4.79 Å². The number of hydrogen-bond donors (Lipinski definition) is 0. The first-order valence-corrected chi connectivity index (χ1v) is 10.4. The molecule has 2 aromatic heterocycles. The van der Waals surface area contributed by atoms with Gasteiger partial charge in [-0.1, -0.05) is 0 Å². The Balaban J connectivity index is 1.74. The highest BCUT2D eigenvalue weighted by molar-refractivity contribution is 6.28. The first-order valence-electron chi connectivity index (χ1n) is 10.0. The lowest BCUT2D eigenvalue weighted by Crippen LogP contribution is -2.44. The van der Waals surface area contributed by atoms with Gasteiger partial charge in [0.1, 0.15) is 6.10 Å². The lowest BCUT2D eigenvalue weighted by Gasteiger charge is -2.30. The Morgan fingerprint density at radius 2 is 2.07 bits per heavy atom. The van der Waals surface area contributed by atoms with Crippen LogP contribution in [-0.2, 0) is 16.5 Å². The molecule has 9 nitrogen and oxygen atoms in total. The summed E-state index contributed by atoms with van der Waals surface area (Å²) in [5, 5.41) is 0.0545. The van der Waals surface area contributed by atoms with Crippen LogP contribution in [0.2, 0.25) is 5.28 Å². The number of likely N-dealkylation sites (N-methyl/N-ethyl adjacent to an activating group) is 1. The highest BCUT2D eigenvalue weighted by Gasteiger charge is 2.38. The Morgan fingerprint density at radius 1 is 1.28 bits per heavy atom. The molecule has 29 heavy (non-hydrogen) atoms. The molecule has 0 N–H and O–H groups in total. The first-order chi connectivity index (χ1) is 13.9. The van der Waals surface area contributed by atoms with E-state index < -0.39 is 0 Å². The minimum atomic E-state index is -0.210. The van der Waals surface area contributed by atoms with Crippen LogP contribution in [0.4, 0.5) is 0 Å². The molecule has 0 bridgehead atoms. The van der Waals surface area contributed by atoms with Crippen molar-refractivity contribution in [3.05, 3.63) is 15.8 Å². The molecule has 2 fully saturated rings. The molecule has 2 aliphatic heterocycles. The molecule has 2 saturated heterocycles. The summed E-state index contributed by atoms with van der Waals surface area (Å²) >= 11 is 6.23. The van der Waals surface area contributed by atoms with E-state index in [-0.39, 0.29) is 35.3 Å². The molecule has 4 atom stereocenters. The lowest BCUT2D eigenvalue weighted by molar-refractivity contribution is 0.0178. The third kappa shape index (κ3) is 3.65. The fourth-order valence-electron chi connectivity index (χ4n) is 4.64. The van der Waals surface area contributed by atoms with Gasteiger partial charge < -0.3 is 14.2 Å². The standard InChI is InChI=1S/C19H28ClN5O4/c1-11(14-13(27-4)7-8-23(14)2)29-17-15-16(21-18(20)22-17)25(19(26)24(15)3)12-6-5-9-28-10-12/h11-14H,5-10H2,1-4H3/t11-,12+,13-,14+/m0/s1. The van der Waals surface area contributed by atoms with Gasteiger partial charge in [0.15, 0.2) is 11.2 Å². The highest BCUT2D eigenvalue weighted by Crippen LogP contribution is 2.30. The second kappa shape index (κ2) is 8.22. The number of rotatable bonds is 5. The van der Waals surface area contributed by atoms with Crippen molar-refractivity contribution in [1.82, 2.24) is 24.0 Å². The summed E-state index contributed by atoms with van der Waals surface area (Å²) in [6.07, 6.45) is 2.57. The molecular weight excluding hydrogens is 398 g/mol. The molecule has 2 aliphatic rings. The Kier molecular flexibility index (Phi) is 5.83. The van der Waals surface area contributed by atoms with Crippen molar-refractivity contribution >= 4 is 22.8 Å².